The van der Waals surface area contributed by atoms with E-state index in [2.05, 4.69) is 11.1 Å². The summed E-state index contributed by atoms with van der Waals surface area (Å²) in [6.07, 6.45) is 0.818. The molecular formula is C14H14FN3O2. The highest BCUT2D eigenvalue weighted by atomic mass is 19.1. The summed E-state index contributed by atoms with van der Waals surface area (Å²) in [6, 6.07) is 3.58. The average molecular weight is 275 g/mol. The molecule has 1 aromatic heterocycles. The molecule has 0 atom stereocenters. The SMILES string of the molecule is CC1(F)CCN(c2nc3c(cc2C#N)C(=O)OC3)CC1. The quantitative estimate of drug-likeness (QED) is 0.733. The first-order chi connectivity index (χ1) is 9.50. The minimum absolute atomic E-state index is 0.140. The van der Waals surface area contributed by atoms with E-state index in [9.17, 15) is 14.4 Å². The summed E-state index contributed by atoms with van der Waals surface area (Å²) < 4.78 is 18.7. The van der Waals surface area contributed by atoms with Crippen molar-refractivity contribution in [1.29, 1.82) is 5.26 Å². The first-order valence-electron chi connectivity index (χ1n) is 6.55. The maximum Gasteiger partial charge on any atom is 0.340 e. The Kier molecular flexibility index (Phi) is 2.85. The van der Waals surface area contributed by atoms with E-state index >= 15 is 0 Å². The van der Waals surface area contributed by atoms with Gasteiger partial charge >= 0.3 is 5.97 Å². The number of pyridine rings is 1. The van der Waals surface area contributed by atoms with Gasteiger partial charge in [0.1, 0.15) is 24.2 Å². The number of esters is 1. The number of hydrogen-bond donors (Lipinski definition) is 0. The molecule has 0 aliphatic carbocycles. The average Bonchev–Trinajstić information content (AvgIpc) is 2.78. The number of halogens is 1. The van der Waals surface area contributed by atoms with Gasteiger partial charge in [-0.15, -0.1) is 0 Å². The third-order valence-electron chi connectivity index (χ3n) is 3.87. The number of nitrogens with zero attached hydrogens (tertiary/aromatic N) is 3. The molecular weight excluding hydrogens is 261 g/mol. The second-order valence-electron chi connectivity index (χ2n) is 5.44. The lowest BCUT2D eigenvalue weighted by Crippen LogP contribution is -2.40. The lowest BCUT2D eigenvalue weighted by Gasteiger charge is -2.35. The van der Waals surface area contributed by atoms with Crippen LogP contribution in [0, 0.1) is 11.3 Å². The molecule has 104 valence electrons. The maximum absolute atomic E-state index is 13.8. The monoisotopic (exact) mass is 275 g/mol. The smallest absolute Gasteiger partial charge is 0.340 e. The number of fused-ring (bicyclic) bond motifs is 1. The number of aromatic nitrogens is 1. The highest BCUT2D eigenvalue weighted by Gasteiger charge is 2.32. The summed E-state index contributed by atoms with van der Waals surface area (Å²) >= 11 is 0. The molecule has 0 bridgehead atoms. The molecule has 20 heavy (non-hydrogen) atoms. The van der Waals surface area contributed by atoms with Crippen molar-refractivity contribution in [1.82, 2.24) is 4.98 Å². The number of alkyl halides is 1. The normalized spacial score (nSPS) is 20.2. The van der Waals surface area contributed by atoms with Gasteiger partial charge in [-0.3, -0.25) is 0 Å². The second kappa shape index (κ2) is 4.44. The van der Waals surface area contributed by atoms with Gasteiger partial charge in [-0.05, 0) is 25.8 Å². The minimum Gasteiger partial charge on any atom is -0.455 e. The molecule has 1 aromatic rings. The standard InChI is InChI=1S/C14H14FN3O2/c1-14(15)2-4-18(5-3-14)12-9(7-16)6-10-11(17-12)8-20-13(10)19/h6H,2-5,8H2,1H3. The number of rotatable bonds is 1. The summed E-state index contributed by atoms with van der Waals surface area (Å²) in [5, 5.41) is 9.23. The molecule has 2 aliphatic heterocycles. The zero-order valence-electron chi connectivity index (χ0n) is 11.1. The van der Waals surface area contributed by atoms with Gasteiger partial charge in [0.05, 0.1) is 16.8 Å². The van der Waals surface area contributed by atoms with Crippen molar-refractivity contribution >= 4 is 11.8 Å². The van der Waals surface area contributed by atoms with Gasteiger partial charge in [0.2, 0.25) is 0 Å². The number of ether oxygens (including phenoxy) is 1. The van der Waals surface area contributed by atoms with E-state index in [0.717, 1.165) is 0 Å². The topological polar surface area (TPSA) is 66.2 Å². The highest BCUT2D eigenvalue weighted by molar-refractivity contribution is 5.93. The predicted octanol–water partition coefficient (Wildman–Crippen LogP) is 1.95. The number of hydrogen-bond acceptors (Lipinski definition) is 5. The van der Waals surface area contributed by atoms with Gasteiger partial charge in [0.25, 0.3) is 0 Å². The number of cyclic esters (lactones) is 1. The Morgan fingerprint density at radius 1 is 1.50 bits per heavy atom. The number of piperidine rings is 1. The van der Waals surface area contributed by atoms with E-state index in [1.807, 2.05) is 4.90 Å². The number of anilines is 1. The minimum atomic E-state index is -1.15. The highest BCUT2D eigenvalue weighted by Crippen LogP contribution is 2.31. The van der Waals surface area contributed by atoms with Crippen molar-refractivity contribution in [3.63, 3.8) is 0 Å². The van der Waals surface area contributed by atoms with Crippen LogP contribution in [-0.2, 0) is 11.3 Å². The van der Waals surface area contributed by atoms with Crippen LogP contribution < -0.4 is 4.90 Å². The Morgan fingerprint density at radius 2 is 2.20 bits per heavy atom. The number of carbonyl (C=O) groups excluding carboxylic acids is 1. The lowest BCUT2D eigenvalue weighted by molar-refractivity contribution is 0.0533. The Morgan fingerprint density at radius 3 is 2.85 bits per heavy atom. The first-order valence-corrected chi connectivity index (χ1v) is 6.55. The van der Waals surface area contributed by atoms with E-state index in [4.69, 9.17) is 4.74 Å². The summed E-state index contributed by atoms with van der Waals surface area (Å²) in [4.78, 5) is 17.8. The maximum atomic E-state index is 13.8. The van der Waals surface area contributed by atoms with Crippen molar-refractivity contribution in [2.45, 2.75) is 32.0 Å². The van der Waals surface area contributed by atoms with Gasteiger partial charge in [0, 0.05) is 13.1 Å². The molecule has 0 unspecified atom stereocenters. The van der Waals surface area contributed by atoms with Crippen LogP contribution in [0.2, 0.25) is 0 Å². The molecule has 6 heteroatoms. The molecule has 0 saturated carbocycles. The Bertz CT molecular complexity index is 612. The molecule has 3 rings (SSSR count). The predicted molar refractivity (Wildman–Crippen MR) is 69.0 cm³/mol. The van der Waals surface area contributed by atoms with Gasteiger partial charge < -0.3 is 9.64 Å². The van der Waals surface area contributed by atoms with Gasteiger partial charge in [0.15, 0.2) is 0 Å². The third-order valence-corrected chi connectivity index (χ3v) is 3.87. The van der Waals surface area contributed by atoms with Crippen molar-refractivity contribution in [3.8, 4) is 6.07 Å². The second-order valence-corrected chi connectivity index (χ2v) is 5.44. The Hall–Kier alpha value is -2.16. The van der Waals surface area contributed by atoms with Crippen molar-refractivity contribution < 1.29 is 13.9 Å². The molecule has 1 fully saturated rings. The van der Waals surface area contributed by atoms with Crippen molar-refractivity contribution in [2.75, 3.05) is 18.0 Å². The summed E-state index contributed by atoms with van der Waals surface area (Å²) in [5.41, 5.74) is 0.0966. The zero-order valence-corrected chi connectivity index (χ0v) is 11.1. The van der Waals surface area contributed by atoms with Gasteiger partial charge in [-0.25, -0.2) is 14.2 Å². The zero-order chi connectivity index (χ0) is 14.3. The van der Waals surface area contributed by atoms with E-state index in [1.165, 1.54) is 6.07 Å². The lowest BCUT2D eigenvalue weighted by atomic mass is 9.95. The van der Waals surface area contributed by atoms with Crippen LogP contribution in [0.4, 0.5) is 10.2 Å². The van der Waals surface area contributed by atoms with Gasteiger partial charge in [-0.2, -0.15) is 5.26 Å². The fourth-order valence-corrected chi connectivity index (χ4v) is 2.55. The molecule has 0 radical (unpaired) electrons. The van der Waals surface area contributed by atoms with Crippen molar-refractivity contribution in [3.05, 3.63) is 22.9 Å². The Labute approximate surface area is 116 Å². The Balaban J connectivity index is 1.95. The van der Waals surface area contributed by atoms with Crippen LogP contribution in [0.1, 0.15) is 41.4 Å². The molecule has 0 N–H and O–H groups in total. The molecule has 0 spiro atoms. The van der Waals surface area contributed by atoms with E-state index < -0.39 is 11.6 Å². The van der Waals surface area contributed by atoms with Crippen LogP contribution >= 0.6 is 0 Å². The fourth-order valence-electron chi connectivity index (χ4n) is 2.55. The molecule has 2 aliphatic rings. The van der Waals surface area contributed by atoms with Crippen molar-refractivity contribution in [2.24, 2.45) is 0 Å². The van der Waals surface area contributed by atoms with Gasteiger partial charge in [-0.1, -0.05) is 0 Å². The van der Waals surface area contributed by atoms with E-state index in [0.29, 0.717) is 48.6 Å². The number of carbonyl (C=O) groups is 1. The van der Waals surface area contributed by atoms with Crippen LogP contribution in [0.15, 0.2) is 6.07 Å². The fraction of sp³-hybridized carbons (Fsp3) is 0.500. The molecule has 1 saturated heterocycles. The molecule has 3 heterocycles. The third kappa shape index (κ3) is 2.09. The summed E-state index contributed by atoms with van der Waals surface area (Å²) in [5.74, 6) is 0.0885. The number of nitriles is 1. The first kappa shape index (κ1) is 12.9. The molecule has 5 nitrogen and oxygen atoms in total. The largest absolute Gasteiger partial charge is 0.455 e. The van der Waals surface area contributed by atoms with E-state index in [-0.39, 0.29) is 6.61 Å². The van der Waals surface area contributed by atoms with Crippen LogP contribution in [0.3, 0.4) is 0 Å². The van der Waals surface area contributed by atoms with E-state index in [1.54, 1.807) is 6.92 Å². The summed E-state index contributed by atoms with van der Waals surface area (Å²) in [6.45, 7) is 2.77. The summed E-state index contributed by atoms with van der Waals surface area (Å²) in [7, 11) is 0. The molecule has 0 amide bonds. The molecule has 0 aromatic carbocycles. The van der Waals surface area contributed by atoms with Crippen LogP contribution in [-0.4, -0.2) is 29.7 Å². The van der Waals surface area contributed by atoms with Crippen LogP contribution in [0.25, 0.3) is 0 Å². The van der Waals surface area contributed by atoms with Crippen LogP contribution in [0.5, 0.6) is 0 Å².